The van der Waals surface area contributed by atoms with Gasteiger partial charge in [-0.25, -0.2) is 9.36 Å². The summed E-state index contributed by atoms with van der Waals surface area (Å²) in [4.78, 5) is 37.9. The number of hydrogen-bond acceptors (Lipinski definition) is 9. The molecule has 6 atom stereocenters. The molecule has 1 aliphatic heterocycles. The smallest absolute Gasteiger partial charge is 0.459 e. The standard InChI is InChI=1S/C22H30N3O9P/c1-13(2)32-21(28)15(4)24-35(30,34-16-8-6-5-7-9-16)31-12-17-19(27)14(3)20(33-17)25-11-10-18(26)23-22(25)29/h5-11,13-15,17,19-20,27H,12H2,1-4H3,(H,24,30)(H,23,26,29)/t14?,15-,17?,19-,20?,35-/m0/s1. The molecule has 13 heteroatoms. The van der Waals surface area contributed by atoms with E-state index in [9.17, 15) is 24.1 Å². The molecule has 1 saturated heterocycles. The summed E-state index contributed by atoms with van der Waals surface area (Å²) in [5.41, 5.74) is -1.26. The van der Waals surface area contributed by atoms with Gasteiger partial charge in [-0.1, -0.05) is 25.1 Å². The van der Waals surface area contributed by atoms with Gasteiger partial charge in [0.25, 0.3) is 5.56 Å². The number of benzene rings is 1. The molecule has 1 fully saturated rings. The van der Waals surface area contributed by atoms with Crippen LogP contribution in [0.15, 0.2) is 52.2 Å². The number of aliphatic hydroxyl groups is 1. The largest absolute Gasteiger partial charge is 0.462 e. The van der Waals surface area contributed by atoms with Gasteiger partial charge in [0.2, 0.25) is 0 Å². The Labute approximate surface area is 201 Å². The quantitative estimate of drug-likeness (QED) is 0.316. The third-order valence-electron chi connectivity index (χ3n) is 5.24. The maximum atomic E-state index is 13.6. The highest BCUT2D eigenvalue weighted by Crippen LogP contribution is 2.46. The molecule has 0 saturated carbocycles. The number of para-hydroxylation sites is 1. The third kappa shape index (κ3) is 6.89. The summed E-state index contributed by atoms with van der Waals surface area (Å²) < 4.78 is 36.8. The highest BCUT2D eigenvalue weighted by atomic mass is 31.2. The Hall–Kier alpha value is -2.76. The van der Waals surface area contributed by atoms with Crippen molar-refractivity contribution in [1.29, 1.82) is 0 Å². The Morgan fingerprint density at radius 3 is 2.54 bits per heavy atom. The van der Waals surface area contributed by atoms with Crippen LogP contribution in [0.2, 0.25) is 0 Å². The highest BCUT2D eigenvalue weighted by molar-refractivity contribution is 7.52. The molecule has 2 aromatic rings. The number of hydrogen-bond donors (Lipinski definition) is 3. The van der Waals surface area contributed by atoms with Crippen molar-refractivity contribution in [1.82, 2.24) is 14.6 Å². The predicted octanol–water partition coefficient (Wildman–Crippen LogP) is 1.56. The first-order valence-electron chi connectivity index (χ1n) is 11.1. The lowest BCUT2D eigenvalue weighted by molar-refractivity contribution is -0.149. The molecule has 3 unspecified atom stereocenters. The lowest BCUT2D eigenvalue weighted by Gasteiger charge is -2.25. The molecule has 192 valence electrons. The zero-order chi connectivity index (χ0) is 25.8. The summed E-state index contributed by atoms with van der Waals surface area (Å²) in [5.74, 6) is -0.981. The topological polar surface area (TPSA) is 158 Å². The van der Waals surface area contributed by atoms with Crippen LogP contribution in [0.25, 0.3) is 0 Å². The Morgan fingerprint density at radius 1 is 1.23 bits per heavy atom. The summed E-state index contributed by atoms with van der Waals surface area (Å²) in [7, 11) is -4.16. The van der Waals surface area contributed by atoms with Crippen molar-refractivity contribution in [2.45, 2.75) is 58.3 Å². The minimum atomic E-state index is -4.16. The van der Waals surface area contributed by atoms with Crippen LogP contribution in [0.4, 0.5) is 0 Å². The number of esters is 1. The number of rotatable bonds is 10. The molecule has 3 N–H and O–H groups in total. The van der Waals surface area contributed by atoms with Gasteiger partial charge in [-0.05, 0) is 32.9 Å². The summed E-state index contributed by atoms with van der Waals surface area (Å²) in [5, 5.41) is 13.2. The number of aromatic amines is 1. The second-order valence-electron chi connectivity index (χ2n) is 8.47. The number of aliphatic hydroxyl groups excluding tert-OH is 1. The Bertz CT molecular complexity index is 1170. The molecule has 3 rings (SSSR count). The van der Waals surface area contributed by atoms with Crippen LogP contribution in [0.5, 0.6) is 5.75 Å². The van der Waals surface area contributed by atoms with Gasteiger partial charge in [-0.3, -0.25) is 23.7 Å². The molecule has 0 amide bonds. The van der Waals surface area contributed by atoms with Crippen molar-refractivity contribution < 1.29 is 33.0 Å². The summed E-state index contributed by atoms with van der Waals surface area (Å²) >= 11 is 0. The number of nitrogens with zero attached hydrogens (tertiary/aromatic N) is 1. The first-order chi connectivity index (χ1) is 16.5. The molecule has 1 aromatic carbocycles. The SMILES string of the molecule is CC(C)OC(=O)[C@H](C)N[P@](=O)(OCC1OC(n2ccc(=O)[nH]c2=O)C(C)[C@@H]1O)Oc1ccccc1. The Kier molecular flexibility index (Phi) is 8.68. The normalized spacial score (nSPS) is 24.6. The van der Waals surface area contributed by atoms with E-state index in [2.05, 4.69) is 10.1 Å². The molecule has 0 radical (unpaired) electrons. The highest BCUT2D eigenvalue weighted by Gasteiger charge is 2.44. The second kappa shape index (κ2) is 11.3. The van der Waals surface area contributed by atoms with Crippen LogP contribution >= 0.6 is 7.75 Å². The van der Waals surface area contributed by atoms with Crippen molar-refractivity contribution in [3.63, 3.8) is 0 Å². The molecule has 0 bridgehead atoms. The lowest BCUT2D eigenvalue weighted by atomic mass is 10.0. The van der Waals surface area contributed by atoms with E-state index in [4.69, 9.17) is 18.5 Å². The molecule has 1 aromatic heterocycles. The van der Waals surface area contributed by atoms with Gasteiger partial charge in [0.1, 0.15) is 24.1 Å². The monoisotopic (exact) mass is 511 g/mol. The molecule has 0 spiro atoms. The van der Waals surface area contributed by atoms with Crippen LogP contribution in [0, 0.1) is 5.92 Å². The Morgan fingerprint density at radius 2 is 1.91 bits per heavy atom. The average Bonchev–Trinajstić information content (AvgIpc) is 3.06. The molecule has 12 nitrogen and oxygen atoms in total. The number of carbonyl (C=O) groups excluding carboxylic acids is 1. The van der Waals surface area contributed by atoms with Crippen LogP contribution in [0.1, 0.15) is 33.9 Å². The molecule has 2 heterocycles. The minimum absolute atomic E-state index is 0.228. The van der Waals surface area contributed by atoms with E-state index in [-0.39, 0.29) is 18.5 Å². The van der Waals surface area contributed by atoms with E-state index in [1.807, 2.05) is 0 Å². The number of H-pyrrole nitrogens is 1. The van der Waals surface area contributed by atoms with Crippen molar-refractivity contribution in [2.24, 2.45) is 5.92 Å². The van der Waals surface area contributed by atoms with Crippen molar-refractivity contribution in [3.05, 3.63) is 63.4 Å². The van der Waals surface area contributed by atoms with Gasteiger partial charge in [0.15, 0.2) is 0 Å². The first kappa shape index (κ1) is 26.8. The third-order valence-corrected chi connectivity index (χ3v) is 6.89. The van der Waals surface area contributed by atoms with E-state index in [0.717, 1.165) is 10.6 Å². The molecule has 35 heavy (non-hydrogen) atoms. The molecular weight excluding hydrogens is 481 g/mol. The maximum absolute atomic E-state index is 13.6. The summed E-state index contributed by atoms with van der Waals surface area (Å²) in [6.07, 6.45) is -2.08. The molecule has 1 aliphatic rings. The molecular formula is C22H30N3O9P. The van der Waals surface area contributed by atoms with Crippen LogP contribution in [-0.2, 0) is 23.4 Å². The van der Waals surface area contributed by atoms with E-state index < -0.39 is 55.4 Å². The van der Waals surface area contributed by atoms with Crippen molar-refractivity contribution in [2.75, 3.05) is 6.61 Å². The summed E-state index contributed by atoms with van der Waals surface area (Å²) in [6.45, 7) is 6.10. The number of ether oxygens (including phenoxy) is 2. The van der Waals surface area contributed by atoms with E-state index in [1.54, 1.807) is 51.1 Å². The van der Waals surface area contributed by atoms with Gasteiger partial charge in [0.05, 0.1) is 18.8 Å². The van der Waals surface area contributed by atoms with E-state index in [0.29, 0.717) is 0 Å². The number of nitrogens with one attached hydrogen (secondary N) is 2. The zero-order valence-electron chi connectivity index (χ0n) is 19.8. The van der Waals surface area contributed by atoms with Crippen LogP contribution in [0.3, 0.4) is 0 Å². The van der Waals surface area contributed by atoms with Crippen molar-refractivity contribution in [3.8, 4) is 5.75 Å². The minimum Gasteiger partial charge on any atom is -0.462 e. The van der Waals surface area contributed by atoms with Gasteiger partial charge >= 0.3 is 19.4 Å². The average molecular weight is 511 g/mol. The fourth-order valence-electron chi connectivity index (χ4n) is 3.48. The fourth-order valence-corrected chi connectivity index (χ4v) is 4.98. The lowest BCUT2D eigenvalue weighted by Crippen LogP contribution is -2.37. The van der Waals surface area contributed by atoms with Crippen LogP contribution in [-0.4, -0.2) is 51.6 Å². The van der Waals surface area contributed by atoms with E-state index >= 15 is 0 Å². The van der Waals surface area contributed by atoms with Gasteiger partial charge in [0, 0.05) is 18.2 Å². The Balaban J connectivity index is 1.75. The van der Waals surface area contributed by atoms with Gasteiger partial charge in [-0.15, -0.1) is 0 Å². The van der Waals surface area contributed by atoms with Crippen LogP contribution < -0.4 is 20.9 Å². The zero-order valence-corrected chi connectivity index (χ0v) is 20.7. The van der Waals surface area contributed by atoms with Crippen molar-refractivity contribution >= 4 is 13.7 Å². The van der Waals surface area contributed by atoms with E-state index in [1.165, 1.54) is 13.1 Å². The second-order valence-corrected chi connectivity index (χ2v) is 10.2. The first-order valence-corrected chi connectivity index (χ1v) is 12.7. The van der Waals surface area contributed by atoms with Gasteiger partial charge < -0.3 is 19.1 Å². The number of aromatic nitrogens is 2. The van der Waals surface area contributed by atoms with Gasteiger partial charge in [-0.2, -0.15) is 5.09 Å². The predicted molar refractivity (Wildman–Crippen MR) is 125 cm³/mol. The molecule has 0 aliphatic carbocycles. The fraction of sp³-hybridized carbons (Fsp3) is 0.500. The summed E-state index contributed by atoms with van der Waals surface area (Å²) in [6, 6.07) is 8.36. The maximum Gasteiger partial charge on any atom is 0.459 e. The number of carbonyl (C=O) groups is 1.